The molecular weight excluding hydrogens is 422 g/mol. The van der Waals surface area contributed by atoms with Gasteiger partial charge in [0.2, 0.25) is 0 Å². The molecule has 2 aromatic rings. The largest absolute Gasteiger partial charge is 0.497 e. The number of piperazine rings is 1. The monoisotopic (exact) mass is 443 g/mol. The van der Waals surface area contributed by atoms with Crippen LogP contribution < -0.4 is 15.4 Å². The Morgan fingerprint density at radius 2 is 1.71 bits per heavy atom. The fourth-order valence-corrected chi connectivity index (χ4v) is 3.12. The molecule has 2 N–H and O–H groups in total. The van der Waals surface area contributed by atoms with E-state index in [-0.39, 0.29) is 17.5 Å². The third-order valence-corrected chi connectivity index (χ3v) is 4.94. The minimum atomic E-state index is -0.338. The van der Waals surface area contributed by atoms with Gasteiger partial charge in [-0.3, -0.25) is 9.59 Å². The van der Waals surface area contributed by atoms with Crippen LogP contribution in [0.1, 0.15) is 15.9 Å². The van der Waals surface area contributed by atoms with Crippen molar-refractivity contribution in [1.82, 2.24) is 15.5 Å². The molecule has 7 heteroatoms. The maximum absolute atomic E-state index is 13.0. The van der Waals surface area contributed by atoms with Crippen LogP contribution in [0.2, 0.25) is 0 Å². The summed E-state index contributed by atoms with van der Waals surface area (Å²) in [5.74, 6) is 0.139. The summed E-state index contributed by atoms with van der Waals surface area (Å²) in [7, 11) is 1.57. The molecule has 0 aliphatic carbocycles. The molecule has 0 saturated carbocycles. The number of hydrogen-bond acceptors (Lipinski definition) is 4. The number of ether oxygens (including phenoxy) is 1. The van der Waals surface area contributed by atoms with E-state index in [0.717, 1.165) is 23.1 Å². The van der Waals surface area contributed by atoms with Gasteiger partial charge in [-0.15, -0.1) is 0 Å². The van der Waals surface area contributed by atoms with Crippen LogP contribution in [-0.2, 0) is 4.79 Å². The number of carbonyl (C=O) groups is 2. The molecule has 0 atom stereocenters. The first-order chi connectivity index (χ1) is 13.6. The lowest BCUT2D eigenvalue weighted by atomic mass is 10.1. The molecule has 1 heterocycles. The molecule has 1 aliphatic rings. The second-order valence-electron chi connectivity index (χ2n) is 6.33. The van der Waals surface area contributed by atoms with E-state index in [0.29, 0.717) is 24.4 Å². The zero-order valence-electron chi connectivity index (χ0n) is 15.6. The van der Waals surface area contributed by atoms with E-state index in [4.69, 9.17) is 4.74 Å². The standard InChI is InChI=1S/C21H22BrN3O3/c1-28-18-8-4-16(5-9-18)20(26)24-19(14-15-2-6-17(22)7-3-15)21(27)25-12-10-23-11-13-25/h2-9,14,23H,10-13H2,1H3,(H,24,26)/b19-14-. The quantitative estimate of drug-likeness (QED) is 0.696. The van der Waals surface area contributed by atoms with Crippen molar-refractivity contribution in [2.45, 2.75) is 0 Å². The number of amides is 2. The van der Waals surface area contributed by atoms with Crippen LogP contribution in [0.5, 0.6) is 5.75 Å². The third-order valence-electron chi connectivity index (χ3n) is 4.42. The number of carbonyl (C=O) groups excluding carboxylic acids is 2. The van der Waals surface area contributed by atoms with E-state index in [1.54, 1.807) is 42.4 Å². The maximum atomic E-state index is 13.0. The van der Waals surface area contributed by atoms with Gasteiger partial charge < -0.3 is 20.3 Å². The summed E-state index contributed by atoms with van der Waals surface area (Å²) >= 11 is 3.40. The first kappa shape index (κ1) is 20.1. The van der Waals surface area contributed by atoms with E-state index in [1.165, 1.54) is 0 Å². The molecular formula is C21H22BrN3O3. The van der Waals surface area contributed by atoms with E-state index >= 15 is 0 Å². The number of benzene rings is 2. The molecule has 1 fully saturated rings. The molecule has 3 rings (SSSR count). The molecule has 0 bridgehead atoms. The fraction of sp³-hybridized carbons (Fsp3) is 0.238. The number of hydrogen-bond donors (Lipinski definition) is 2. The molecule has 0 aromatic heterocycles. The zero-order chi connectivity index (χ0) is 19.9. The molecule has 2 aromatic carbocycles. The van der Waals surface area contributed by atoms with Crippen molar-refractivity contribution in [3.05, 3.63) is 69.8 Å². The average Bonchev–Trinajstić information content (AvgIpc) is 2.75. The van der Waals surface area contributed by atoms with Gasteiger partial charge in [-0.2, -0.15) is 0 Å². The highest BCUT2D eigenvalue weighted by atomic mass is 79.9. The number of nitrogens with zero attached hydrogens (tertiary/aromatic N) is 1. The van der Waals surface area contributed by atoms with Crippen molar-refractivity contribution in [2.24, 2.45) is 0 Å². The van der Waals surface area contributed by atoms with Crippen LogP contribution in [0.4, 0.5) is 0 Å². The first-order valence-corrected chi connectivity index (χ1v) is 9.79. The van der Waals surface area contributed by atoms with Crippen molar-refractivity contribution >= 4 is 33.8 Å². The molecule has 0 radical (unpaired) electrons. The second kappa shape index (κ2) is 9.52. The summed E-state index contributed by atoms with van der Waals surface area (Å²) in [6.07, 6.45) is 1.71. The van der Waals surface area contributed by atoms with Gasteiger partial charge in [0, 0.05) is 36.2 Å². The Balaban J connectivity index is 1.84. The van der Waals surface area contributed by atoms with E-state index in [2.05, 4.69) is 26.6 Å². The van der Waals surface area contributed by atoms with Crippen molar-refractivity contribution < 1.29 is 14.3 Å². The Labute approximate surface area is 172 Å². The van der Waals surface area contributed by atoms with Crippen LogP contribution in [0, 0.1) is 0 Å². The zero-order valence-corrected chi connectivity index (χ0v) is 17.2. The van der Waals surface area contributed by atoms with Crippen molar-refractivity contribution in [2.75, 3.05) is 33.3 Å². The molecule has 1 saturated heterocycles. The van der Waals surface area contributed by atoms with Crippen molar-refractivity contribution in [3.63, 3.8) is 0 Å². The third kappa shape index (κ3) is 5.21. The summed E-state index contributed by atoms with van der Waals surface area (Å²) in [5, 5.41) is 6.01. The number of rotatable bonds is 5. The van der Waals surface area contributed by atoms with Crippen LogP contribution in [0.3, 0.4) is 0 Å². The second-order valence-corrected chi connectivity index (χ2v) is 7.25. The molecule has 6 nitrogen and oxygen atoms in total. The number of halogens is 1. The maximum Gasteiger partial charge on any atom is 0.270 e. The number of nitrogens with one attached hydrogen (secondary N) is 2. The summed E-state index contributed by atoms with van der Waals surface area (Å²) in [4.78, 5) is 27.5. The number of methoxy groups -OCH3 is 1. The molecule has 0 unspecified atom stereocenters. The molecule has 1 aliphatic heterocycles. The Morgan fingerprint density at radius 1 is 1.07 bits per heavy atom. The lowest BCUT2D eigenvalue weighted by molar-refractivity contribution is -0.127. The predicted molar refractivity (Wildman–Crippen MR) is 112 cm³/mol. The Kier molecular flexibility index (Phi) is 6.84. The molecule has 146 valence electrons. The Hall–Kier alpha value is -2.64. The van der Waals surface area contributed by atoms with Crippen LogP contribution in [0.15, 0.2) is 58.7 Å². The Morgan fingerprint density at radius 3 is 2.32 bits per heavy atom. The predicted octanol–water partition coefficient (Wildman–Crippen LogP) is 2.66. The van der Waals surface area contributed by atoms with Crippen molar-refractivity contribution in [1.29, 1.82) is 0 Å². The smallest absolute Gasteiger partial charge is 0.270 e. The highest BCUT2D eigenvalue weighted by Crippen LogP contribution is 2.15. The molecule has 0 spiro atoms. The van der Waals surface area contributed by atoms with Gasteiger partial charge in [0.1, 0.15) is 11.4 Å². The topological polar surface area (TPSA) is 70.7 Å². The van der Waals surface area contributed by atoms with E-state index in [1.807, 2.05) is 24.3 Å². The van der Waals surface area contributed by atoms with Gasteiger partial charge in [0.25, 0.3) is 11.8 Å². The summed E-state index contributed by atoms with van der Waals surface area (Å²) in [6.45, 7) is 2.69. The lowest BCUT2D eigenvalue weighted by Crippen LogP contribution is -2.48. The SMILES string of the molecule is COc1ccc(C(=O)N/C(=C\c2ccc(Br)cc2)C(=O)N2CCNCC2)cc1. The lowest BCUT2D eigenvalue weighted by Gasteiger charge is -2.28. The van der Waals surface area contributed by atoms with Crippen LogP contribution in [-0.4, -0.2) is 50.0 Å². The van der Waals surface area contributed by atoms with Crippen molar-refractivity contribution in [3.8, 4) is 5.75 Å². The highest BCUT2D eigenvalue weighted by Gasteiger charge is 2.22. The average molecular weight is 444 g/mol. The van der Waals surface area contributed by atoms with Gasteiger partial charge in [-0.25, -0.2) is 0 Å². The summed E-state index contributed by atoms with van der Waals surface area (Å²) < 4.78 is 6.07. The highest BCUT2D eigenvalue weighted by molar-refractivity contribution is 9.10. The van der Waals surface area contributed by atoms with Crippen LogP contribution in [0.25, 0.3) is 6.08 Å². The minimum Gasteiger partial charge on any atom is -0.497 e. The van der Waals surface area contributed by atoms with Gasteiger partial charge in [0.05, 0.1) is 7.11 Å². The van der Waals surface area contributed by atoms with Gasteiger partial charge in [-0.1, -0.05) is 28.1 Å². The fourth-order valence-electron chi connectivity index (χ4n) is 2.85. The molecule has 2 amide bonds. The summed E-state index contributed by atoms with van der Waals surface area (Å²) in [6, 6.07) is 14.3. The normalized spacial score (nSPS) is 14.5. The van der Waals surface area contributed by atoms with Gasteiger partial charge in [-0.05, 0) is 48.0 Å². The van der Waals surface area contributed by atoms with Gasteiger partial charge in [0.15, 0.2) is 0 Å². The van der Waals surface area contributed by atoms with E-state index in [9.17, 15) is 9.59 Å². The minimum absolute atomic E-state index is 0.189. The Bertz CT molecular complexity index is 857. The van der Waals surface area contributed by atoms with E-state index < -0.39 is 0 Å². The first-order valence-electron chi connectivity index (χ1n) is 8.99. The molecule has 28 heavy (non-hydrogen) atoms. The van der Waals surface area contributed by atoms with Gasteiger partial charge >= 0.3 is 0 Å². The van der Waals surface area contributed by atoms with Crippen LogP contribution >= 0.6 is 15.9 Å². The summed E-state index contributed by atoms with van der Waals surface area (Å²) in [5.41, 5.74) is 1.54.